The summed E-state index contributed by atoms with van der Waals surface area (Å²) < 4.78 is 66.8. The SMILES string of the molecule is CCCCOCCOCCOCCOCCOCCOCCOCCOS(=O)(=O)c1ccc(C)cc1. The second-order valence-electron chi connectivity index (χ2n) is 7.73. The van der Waals surface area contributed by atoms with Crippen molar-refractivity contribution in [1.82, 2.24) is 0 Å². The maximum Gasteiger partial charge on any atom is 0.297 e. The lowest BCUT2D eigenvalue weighted by molar-refractivity contribution is -0.0212. The average molecular weight is 537 g/mol. The van der Waals surface area contributed by atoms with Gasteiger partial charge in [0.2, 0.25) is 0 Å². The maximum absolute atomic E-state index is 12.0. The van der Waals surface area contributed by atoms with Gasteiger partial charge < -0.3 is 33.2 Å². The van der Waals surface area contributed by atoms with Crippen LogP contribution in [0, 0.1) is 6.92 Å². The highest BCUT2D eigenvalue weighted by Gasteiger charge is 2.14. The first-order valence-corrected chi connectivity index (χ1v) is 14.0. The lowest BCUT2D eigenvalue weighted by Crippen LogP contribution is -2.15. The van der Waals surface area contributed by atoms with Crippen molar-refractivity contribution in [2.45, 2.75) is 31.6 Å². The molecule has 11 heteroatoms. The van der Waals surface area contributed by atoms with E-state index < -0.39 is 10.1 Å². The molecule has 0 aliphatic carbocycles. The molecule has 0 aliphatic rings. The van der Waals surface area contributed by atoms with Gasteiger partial charge in [-0.1, -0.05) is 31.0 Å². The normalized spacial score (nSPS) is 11.8. The van der Waals surface area contributed by atoms with Crippen molar-refractivity contribution in [1.29, 1.82) is 0 Å². The van der Waals surface area contributed by atoms with Gasteiger partial charge in [0.25, 0.3) is 10.1 Å². The van der Waals surface area contributed by atoms with Crippen LogP contribution in [0.5, 0.6) is 0 Å². The van der Waals surface area contributed by atoms with E-state index in [1.165, 1.54) is 12.1 Å². The third-order valence-electron chi connectivity index (χ3n) is 4.65. The van der Waals surface area contributed by atoms with Gasteiger partial charge in [0.05, 0.1) is 97.4 Å². The molecule has 0 atom stereocenters. The van der Waals surface area contributed by atoms with Gasteiger partial charge in [0, 0.05) is 6.61 Å². The zero-order valence-corrected chi connectivity index (χ0v) is 22.6. The van der Waals surface area contributed by atoms with Crippen molar-refractivity contribution >= 4 is 10.1 Å². The molecule has 0 aromatic heterocycles. The molecule has 0 saturated heterocycles. The van der Waals surface area contributed by atoms with Crippen LogP contribution < -0.4 is 0 Å². The van der Waals surface area contributed by atoms with Gasteiger partial charge in [0.1, 0.15) is 0 Å². The van der Waals surface area contributed by atoms with E-state index in [1.54, 1.807) is 12.1 Å². The van der Waals surface area contributed by atoms with Gasteiger partial charge in [-0.2, -0.15) is 8.42 Å². The van der Waals surface area contributed by atoms with Crippen LogP contribution in [0.3, 0.4) is 0 Å². The van der Waals surface area contributed by atoms with Gasteiger partial charge in [-0.15, -0.1) is 0 Å². The number of aryl methyl sites for hydroxylation is 1. The maximum atomic E-state index is 12.0. The molecule has 1 aromatic carbocycles. The summed E-state index contributed by atoms with van der Waals surface area (Å²) in [6.45, 7) is 10.9. The third kappa shape index (κ3) is 19.0. The zero-order valence-electron chi connectivity index (χ0n) is 21.8. The number of unbranched alkanes of at least 4 members (excludes halogenated alkanes) is 1. The van der Waals surface area contributed by atoms with Crippen LogP contribution in [0.2, 0.25) is 0 Å². The molecule has 10 nitrogen and oxygen atoms in total. The summed E-state index contributed by atoms with van der Waals surface area (Å²) in [5, 5.41) is 0. The highest BCUT2D eigenvalue weighted by Crippen LogP contribution is 2.12. The van der Waals surface area contributed by atoms with E-state index in [-0.39, 0.29) is 18.1 Å². The quantitative estimate of drug-likeness (QED) is 0.129. The van der Waals surface area contributed by atoms with Gasteiger partial charge in [-0.25, -0.2) is 0 Å². The second-order valence-corrected chi connectivity index (χ2v) is 9.34. The average Bonchev–Trinajstić information content (AvgIpc) is 2.87. The number of ether oxygens (including phenoxy) is 7. The summed E-state index contributed by atoms with van der Waals surface area (Å²) >= 11 is 0. The standard InChI is InChI=1S/C25H44O10S/c1-3-4-9-28-10-11-29-12-13-30-14-15-31-16-17-32-18-19-33-20-21-34-22-23-35-36(26,27)25-7-5-24(2)6-8-25/h5-8H,3-4,9-23H2,1-2H3. The van der Waals surface area contributed by atoms with Crippen molar-refractivity contribution in [2.24, 2.45) is 0 Å². The van der Waals surface area contributed by atoms with E-state index in [9.17, 15) is 8.42 Å². The van der Waals surface area contributed by atoms with Crippen LogP contribution in [-0.4, -0.2) is 108 Å². The molecule has 1 rings (SSSR count). The van der Waals surface area contributed by atoms with E-state index in [0.29, 0.717) is 79.3 Å². The van der Waals surface area contributed by atoms with E-state index in [1.807, 2.05) is 6.92 Å². The fourth-order valence-electron chi connectivity index (χ4n) is 2.64. The Hall–Kier alpha value is -1.15. The molecular weight excluding hydrogens is 492 g/mol. The molecule has 0 spiro atoms. The molecule has 0 saturated carbocycles. The predicted octanol–water partition coefficient (Wildman–Crippen LogP) is 2.62. The molecular formula is C25H44O10S. The van der Waals surface area contributed by atoms with Crippen LogP contribution >= 0.6 is 0 Å². The lowest BCUT2D eigenvalue weighted by Gasteiger charge is -2.09. The molecule has 0 unspecified atom stereocenters. The van der Waals surface area contributed by atoms with Crippen LogP contribution in [-0.2, 0) is 47.5 Å². The Morgan fingerprint density at radius 1 is 0.528 bits per heavy atom. The molecule has 0 radical (unpaired) electrons. The largest absolute Gasteiger partial charge is 0.379 e. The first-order chi connectivity index (χ1) is 17.6. The molecule has 210 valence electrons. The van der Waals surface area contributed by atoms with E-state index in [0.717, 1.165) is 25.0 Å². The smallest absolute Gasteiger partial charge is 0.297 e. The van der Waals surface area contributed by atoms with E-state index in [4.69, 9.17) is 37.3 Å². The summed E-state index contributed by atoms with van der Waals surface area (Å²) in [5.74, 6) is 0. The third-order valence-corrected chi connectivity index (χ3v) is 5.98. The van der Waals surface area contributed by atoms with Gasteiger partial charge in [-0.05, 0) is 25.5 Å². The summed E-state index contributed by atoms with van der Waals surface area (Å²) in [6, 6.07) is 6.49. The molecule has 0 heterocycles. The molecule has 1 aromatic rings. The lowest BCUT2D eigenvalue weighted by atomic mass is 10.2. The Balaban J connectivity index is 1.75. The topological polar surface area (TPSA) is 108 Å². The number of hydrogen-bond donors (Lipinski definition) is 0. The van der Waals surface area contributed by atoms with Crippen molar-refractivity contribution in [3.8, 4) is 0 Å². The fraction of sp³-hybridized carbons (Fsp3) is 0.760. The zero-order chi connectivity index (χ0) is 26.2. The predicted molar refractivity (Wildman–Crippen MR) is 135 cm³/mol. The van der Waals surface area contributed by atoms with Crippen molar-refractivity contribution in [3.05, 3.63) is 29.8 Å². The molecule has 0 fully saturated rings. The highest BCUT2D eigenvalue weighted by molar-refractivity contribution is 7.86. The summed E-state index contributed by atoms with van der Waals surface area (Å²) in [4.78, 5) is 0.135. The van der Waals surface area contributed by atoms with E-state index in [2.05, 4.69) is 6.92 Å². The fourth-order valence-corrected chi connectivity index (χ4v) is 3.54. The highest BCUT2D eigenvalue weighted by atomic mass is 32.2. The van der Waals surface area contributed by atoms with Crippen molar-refractivity contribution in [3.63, 3.8) is 0 Å². The first kappa shape index (κ1) is 32.9. The minimum Gasteiger partial charge on any atom is -0.379 e. The number of hydrogen-bond acceptors (Lipinski definition) is 10. The van der Waals surface area contributed by atoms with Crippen molar-refractivity contribution in [2.75, 3.05) is 99.1 Å². The van der Waals surface area contributed by atoms with Crippen LogP contribution in [0.4, 0.5) is 0 Å². The molecule has 0 bridgehead atoms. The van der Waals surface area contributed by atoms with E-state index >= 15 is 0 Å². The summed E-state index contributed by atoms with van der Waals surface area (Å²) in [5.41, 5.74) is 0.981. The number of benzene rings is 1. The minimum atomic E-state index is -3.76. The van der Waals surface area contributed by atoms with Crippen molar-refractivity contribution < 1.29 is 45.8 Å². The monoisotopic (exact) mass is 536 g/mol. The van der Waals surface area contributed by atoms with Crippen LogP contribution in [0.25, 0.3) is 0 Å². The molecule has 0 aliphatic heterocycles. The Bertz CT molecular complexity index is 712. The van der Waals surface area contributed by atoms with Gasteiger partial charge in [-0.3, -0.25) is 4.18 Å². The van der Waals surface area contributed by atoms with Crippen LogP contribution in [0.15, 0.2) is 29.2 Å². The molecule has 36 heavy (non-hydrogen) atoms. The number of rotatable bonds is 26. The van der Waals surface area contributed by atoms with Gasteiger partial charge >= 0.3 is 0 Å². The Labute approximate surface area is 216 Å². The second kappa shape index (κ2) is 23.0. The Morgan fingerprint density at radius 3 is 1.22 bits per heavy atom. The Morgan fingerprint density at radius 2 is 0.861 bits per heavy atom. The summed E-state index contributed by atoms with van der Waals surface area (Å²) in [7, 11) is -3.76. The minimum absolute atomic E-state index is 0.0488. The molecule has 0 amide bonds. The summed E-state index contributed by atoms with van der Waals surface area (Å²) in [6.07, 6.45) is 2.23. The Kier molecular flexibility index (Phi) is 21.0. The van der Waals surface area contributed by atoms with Crippen LogP contribution in [0.1, 0.15) is 25.3 Å². The molecule has 0 N–H and O–H groups in total. The first-order valence-electron chi connectivity index (χ1n) is 12.6. The van der Waals surface area contributed by atoms with Gasteiger partial charge in [0.15, 0.2) is 0 Å².